The third-order valence-electron chi connectivity index (χ3n) is 4.42. The highest BCUT2D eigenvalue weighted by molar-refractivity contribution is 5.70. The summed E-state index contributed by atoms with van der Waals surface area (Å²) in [7, 11) is 0. The van der Waals surface area contributed by atoms with Gasteiger partial charge in [0.2, 0.25) is 0 Å². The molecule has 0 radical (unpaired) electrons. The Morgan fingerprint density at radius 3 is 3.05 bits per heavy atom. The first-order valence-electron chi connectivity index (χ1n) is 7.69. The van der Waals surface area contributed by atoms with Gasteiger partial charge < -0.3 is 9.84 Å². The summed E-state index contributed by atoms with van der Waals surface area (Å²) in [5.74, 6) is 0.114. The largest absolute Gasteiger partial charge is 0.487 e. The summed E-state index contributed by atoms with van der Waals surface area (Å²) < 4.78 is 6.10. The van der Waals surface area contributed by atoms with Crippen LogP contribution in [0.25, 0.3) is 0 Å². The predicted octanol–water partition coefficient (Wildman–Crippen LogP) is 2.70. The molecule has 1 atom stereocenters. The van der Waals surface area contributed by atoms with Crippen molar-refractivity contribution >= 4 is 5.97 Å². The second-order valence-electron chi connectivity index (χ2n) is 6.86. The summed E-state index contributed by atoms with van der Waals surface area (Å²) in [5, 5.41) is 9.19. The standard InChI is InChI=1S/C17H23NO3/c1-17(2)9-12-5-3-6-13(15(12)21-17)10-18-8-4-7-14(11-18)16(19)20/h3,5-6,14H,4,7-11H2,1-2H3,(H,19,20). The number of para-hydroxylation sites is 1. The van der Waals surface area contributed by atoms with Crippen LogP contribution in [0, 0.1) is 5.92 Å². The number of benzene rings is 1. The van der Waals surface area contributed by atoms with E-state index in [1.54, 1.807) is 0 Å². The van der Waals surface area contributed by atoms with Gasteiger partial charge in [-0.05, 0) is 38.8 Å². The molecule has 114 valence electrons. The van der Waals surface area contributed by atoms with E-state index >= 15 is 0 Å². The quantitative estimate of drug-likeness (QED) is 0.929. The molecule has 4 nitrogen and oxygen atoms in total. The highest BCUT2D eigenvalue weighted by Crippen LogP contribution is 2.38. The first kappa shape index (κ1) is 14.4. The van der Waals surface area contributed by atoms with Crippen molar-refractivity contribution < 1.29 is 14.6 Å². The lowest BCUT2D eigenvalue weighted by Gasteiger charge is -2.31. The van der Waals surface area contributed by atoms with Gasteiger partial charge in [-0.2, -0.15) is 0 Å². The van der Waals surface area contributed by atoms with Crippen LogP contribution in [0.15, 0.2) is 18.2 Å². The number of hydrogen-bond donors (Lipinski definition) is 1. The molecule has 1 saturated heterocycles. The fourth-order valence-corrected chi connectivity index (χ4v) is 3.45. The van der Waals surface area contributed by atoms with Gasteiger partial charge >= 0.3 is 5.97 Å². The molecule has 2 aliphatic rings. The van der Waals surface area contributed by atoms with E-state index in [0.29, 0.717) is 6.54 Å². The number of ether oxygens (including phenoxy) is 1. The maximum atomic E-state index is 11.2. The average molecular weight is 289 g/mol. The number of likely N-dealkylation sites (tertiary alicyclic amines) is 1. The lowest BCUT2D eigenvalue weighted by atomic mass is 9.97. The van der Waals surface area contributed by atoms with Crippen molar-refractivity contribution in [3.63, 3.8) is 0 Å². The number of carboxylic acids is 1. The predicted molar refractivity (Wildman–Crippen MR) is 80.5 cm³/mol. The molecule has 0 amide bonds. The molecular formula is C17H23NO3. The Morgan fingerprint density at radius 1 is 1.48 bits per heavy atom. The summed E-state index contributed by atoms with van der Waals surface area (Å²) in [6.45, 7) is 6.61. The number of carbonyl (C=O) groups is 1. The molecule has 0 saturated carbocycles. The fraction of sp³-hybridized carbons (Fsp3) is 0.588. The Morgan fingerprint density at radius 2 is 2.29 bits per heavy atom. The summed E-state index contributed by atoms with van der Waals surface area (Å²) in [5.41, 5.74) is 2.32. The van der Waals surface area contributed by atoms with E-state index in [4.69, 9.17) is 4.74 Å². The molecule has 2 aliphatic heterocycles. The first-order chi connectivity index (χ1) is 9.94. The Bertz CT molecular complexity index is 553. The van der Waals surface area contributed by atoms with E-state index in [-0.39, 0.29) is 11.5 Å². The van der Waals surface area contributed by atoms with Crippen LogP contribution < -0.4 is 4.74 Å². The Kier molecular flexibility index (Phi) is 3.66. The average Bonchev–Trinajstić information content (AvgIpc) is 2.74. The van der Waals surface area contributed by atoms with Crippen molar-refractivity contribution in [1.82, 2.24) is 4.90 Å². The molecule has 3 rings (SSSR count). The van der Waals surface area contributed by atoms with Crippen molar-refractivity contribution in [2.75, 3.05) is 13.1 Å². The van der Waals surface area contributed by atoms with E-state index < -0.39 is 5.97 Å². The third-order valence-corrected chi connectivity index (χ3v) is 4.42. The van der Waals surface area contributed by atoms with Crippen molar-refractivity contribution in [3.8, 4) is 5.75 Å². The molecule has 1 unspecified atom stereocenters. The molecule has 1 aromatic rings. The normalized spacial score (nSPS) is 24.4. The molecule has 0 bridgehead atoms. The summed E-state index contributed by atoms with van der Waals surface area (Å²) in [4.78, 5) is 13.4. The third kappa shape index (κ3) is 3.05. The Hall–Kier alpha value is -1.55. The molecule has 0 aromatic heterocycles. The smallest absolute Gasteiger partial charge is 0.307 e. The van der Waals surface area contributed by atoms with Crippen LogP contribution in [-0.4, -0.2) is 34.7 Å². The second kappa shape index (κ2) is 5.34. The lowest BCUT2D eigenvalue weighted by Crippen LogP contribution is -2.38. The SMILES string of the molecule is CC1(C)Cc2cccc(CN3CCCC(C(=O)O)C3)c2O1. The van der Waals surface area contributed by atoms with Gasteiger partial charge in [0.1, 0.15) is 11.4 Å². The molecule has 21 heavy (non-hydrogen) atoms. The zero-order valence-electron chi connectivity index (χ0n) is 12.8. The first-order valence-corrected chi connectivity index (χ1v) is 7.69. The monoisotopic (exact) mass is 289 g/mol. The van der Waals surface area contributed by atoms with Crippen LogP contribution in [0.1, 0.15) is 37.8 Å². The zero-order chi connectivity index (χ0) is 15.0. The summed E-state index contributed by atoms with van der Waals surface area (Å²) in [6, 6.07) is 6.31. The minimum Gasteiger partial charge on any atom is -0.487 e. The minimum absolute atomic E-state index is 0.135. The molecule has 1 N–H and O–H groups in total. The maximum Gasteiger partial charge on any atom is 0.307 e. The number of aliphatic carboxylic acids is 1. The maximum absolute atomic E-state index is 11.2. The topological polar surface area (TPSA) is 49.8 Å². The van der Waals surface area contributed by atoms with Gasteiger partial charge in [0.05, 0.1) is 5.92 Å². The number of fused-ring (bicyclic) bond motifs is 1. The van der Waals surface area contributed by atoms with Crippen LogP contribution in [0.3, 0.4) is 0 Å². The molecule has 0 aliphatic carbocycles. The molecule has 1 fully saturated rings. The number of rotatable bonds is 3. The van der Waals surface area contributed by atoms with E-state index in [9.17, 15) is 9.90 Å². The molecule has 0 spiro atoms. The molecular weight excluding hydrogens is 266 g/mol. The van der Waals surface area contributed by atoms with Crippen molar-refractivity contribution in [1.29, 1.82) is 0 Å². The Labute approximate surface area is 125 Å². The van der Waals surface area contributed by atoms with Gasteiger partial charge in [0, 0.05) is 25.1 Å². The van der Waals surface area contributed by atoms with Gasteiger partial charge in [0.25, 0.3) is 0 Å². The van der Waals surface area contributed by atoms with Crippen LogP contribution in [0.5, 0.6) is 5.75 Å². The summed E-state index contributed by atoms with van der Waals surface area (Å²) in [6.07, 6.45) is 2.69. The molecule has 4 heteroatoms. The van der Waals surface area contributed by atoms with Crippen LogP contribution in [-0.2, 0) is 17.8 Å². The van der Waals surface area contributed by atoms with Gasteiger partial charge in [-0.25, -0.2) is 0 Å². The lowest BCUT2D eigenvalue weighted by molar-refractivity contribution is -0.143. The number of nitrogens with zero attached hydrogens (tertiary/aromatic N) is 1. The molecule has 1 aromatic carbocycles. The van der Waals surface area contributed by atoms with Crippen molar-refractivity contribution in [2.45, 2.75) is 45.3 Å². The van der Waals surface area contributed by atoms with Crippen LogP contribution >= 0.6 is 0 Å². The van der Waals surface area contributed by atoms with Gasteiger partial charge in [-0.3, -0.25) is 9.69 Å². The van der Waals surface area contributed by atoms with Crippen molar-refractivity contribution in [3.05, 3.63) is 29.3 Å². The van der Waals surface area contributed by atoms with Gasteiger partial charge in [-0.15, -0.1) is 0 Å². The summed E-state index contributed by atoms with van der Waals surface area (Å²) >= 11 is 0. The fourth-order valence-electron chi connectivity index (χ4n) is 3.45. The number of hydrogen-bond acceptors (Lipinski definition) is 3. The Balaban J connectivity index is 1.75. The number of piperidine rings is 1. The van der Waals surface area contributed by atoms with Crippen molar-refractivity contribution in [2.24, 2.45) is 5.92 Å². The van der Waals surface area contributed by atoms with E-state index in [0.717, 1.165) is 38.1 Å². The minimum atomic E-state index is -0.671. The highest BCUT2D eigenvalue weighted by atomic mass is 16.5. The van der Waals surface area contributed by atoms with E-state index in [2.05, 4.69) is 36.9 Å². The van der Waals surface area contributed by atoms with E-state index in [1.807, 2.05) is 0 Å². The van der Waals surface area contributed by atoms with Gasteiger partial charge in [0.15, 0.2) is 0 Å². The number of carboxylic acid groups (broad SMARTS) is 1. The highest BCUT2D eigenvalue weighted by Gasteiger charge is 2.32. The van der Waals surface area contributed by atoms with Gasteiger partial charge in [-0.1, -0.05) is 18.2 Å². The second-order valence-corrected chi connectivity index (χ2v) is 6.86. The zero-order valence-corrected chi connectivity index (χ0v) is 12.8. The van der Waals surface area contributed by atoms with Crippen LogP contribution in [0.4, 0.5) is 0 Å². The molecule has 2 heterocycles. The van der Waals surface area contributed by atoms with Crippen LogP contribution in [0.2, 0.25) is 0 Å². The van der Waals surface area contributed by atoms with E-state index in [1.165, 1.54) is 11.1 Å².